The summed E-state index contributed by atoms with van der Waals surface area (Å²) < 4.78 is 33.7. The molecule has 4 aromatic rings. The quantitative estimate of drug-likeness (QED) is 0.440. The lowest BCUT2D eigenvalue weighted by molar-refractivity contribution is -0.116. The van der Waals surface area contributed by atoms with Crippen LogP contribution >= 0.6 is 0 Å². The monoisotopic (exact) mass is 491 g/mol. The number of ether oxygens (including phenoxy) is 1. The molecule has 0 spiro atoms. The standard InChI is InChI=1S/C26H25N3O5S/c1-16-5-6-17(2)22(13-16)35(32,33)23-14-29(26-21(25(23)31)12-7-18(3)27-26)15-24(30)28-19-8-10-20(34-4)11-9-19/h5-14H,15H2,1-4H3,(H,28,30). The minimum Gasteiger partial charge on any atom is -0.497 e. The highest BCUT2D eigenvalue weighted by Gasteiger charge is 2.26. The average Bonchev–Trinajstić information content (AvgIpc) is 2.82. The number of carbonyl (C=O) groups excluding carboxylic acids is 1. The highest BCUT2D eigenvalue weighted by Crippen LogP contribution is 2.25. The summed E-state index contributed by atoms with van der Waals surface area (Å²) in [5.74, 6) is 0.244. The van der Waals surface area contributed by atoms with Crippen LogP contribution in [0.4, 0.5) is 5.69 Å². The van der Waals surface area contributed by atoms with Gasteiger partial charge in [-0.3, -0.25) is 9.59 Å². The van der Waals surface area contributed by atoms with Gasteiger partial charge in [0.2, 0.25) is 21.2 Å². The van der Waals surface area contributed by atoms with Crippen molar-refractivity contribution in [1.29, 1.82) is 0 Å². The predicted molar refractivity (Wildman–Crippen MR) is 134 cm³/mol. The summed E-state index contributed by atoms with van der Waals surface area (Å²) in [5, 5.41) is 2.90. The number of amides is 1. The molecule has 0 radical (unpaired) electrons. The van der Waals surface area contributed by atoms with Gasteiger partial charge in [-0.2, -0.15) is 0 Å². The number of anilines is 1. The third-order valence-electron chi connectivity index (χ3n) is 5.64. The first-order valence-corrected chi connectivity index (χ1v) is 12.4. The van der Waals surface area contributed by atoms with Gasteiger partial charge in [0, 0.05) is 17.6 Å². The van der Waals surface area contributed by atoms with Crippen LogP contribution in [0.1, 0.15) is 16.8 Å². The second-order valence-corrected chi connectivity index (χ2v) is 10.2. The molecule has 4 rings (SSSR count). The van der Waals surface area contributed by atoms with E-state index in [-0.39, 0.29) is 22.5 Å². The largest absolute Gasteiger partial charge is 0.497 e. The number of hydrogen-bond donors (Lipinski definition) is 1. The Balaban J connectivity index is 1.81. The Labute approximate surface area is 203 Å². The maximum atomic E-state index is 13.6. The second kappa shape index (κ2) is 9.34. The first-order chi connectivity index (χ1) is 16.6. The van der Waals surface area contributed by atoms with Gasteiger partial charge in [-0.15, -0.1) is 0 Å². The van der Waals surface area contributed by atoms with Crippen LogP contribution in [0, 0.1) is 20.8 Å². The molecule has 0 aliphatic carbocycles. The molecule has 2 aromatic heterocycles. The molecule has 0 saturated carbocycles. The molecule has 8 nitrogen and oxygen atoms in total. The molecule has 0 bridgehead atoms. The molecule has 9 heteroatoms. The van der Waals surface area contributed by atoms with E-state index in [1.54, 1.807) is 76.4 Å². The van der Waals surface area contributed by atoms with Crippen molar-refractivity contribution in [2.45, 2.75) is 37.1 Å². The molecule has 2 aromatic carbocycles. The molecule has 2 heterocycles. The number of hydrogen-bond acceptors (Lipinski definition) is 6. The van der Waals surface area contributed by atoms with Gasteiger partial charge in [-0.1, -0.05) is 12.1 Å². The van der Waals surface area contributed by atoms with E-state index in [0.717, 1.165) is 5.56 Å². The van der Waals surface area contributed by atoms with E-state index in [0.29, 0.717) is 22.7 Å². The van der Waals surface area contributed by atoms with Crippen molar-refractivity contribution in [2.75, 3.05) is 12.4 Å². The number of aromatic nitrogens is 2. The van der Waals surface area contributed by atoms with Crippen molar-refractivity contribution >= 4 is 32.5 Å². The second-order valence-electron chi connectivity index (χ2n) is 8.32. The molecule has 0 aliphatic heterocycles. The number of aryl methyl sites for hydroxylation is 3. The van der Waals surface area contributed by atoms with Crippen LogP contribution in [-0.2, 0) is 21.2 Å². The van der Waals surface area contributed by atoms with Crippen molar-refractivity contribution in [3.63, 3.8) is 0 Å². The van der Waals surface area contributed by atoms with Gasteiger partial charge in [0.05, 0.1) is 17.4 Å². The van der Waals surface area contributed by atoms with Crippen LogP contribution in [0.5, 0.6) is 5.75 Å². The van der Waals surface area contributed by atoms with Crippen LogP contribution in [0.3, 0.4) is 0 Å². The Kier molecular flexibility index (Phi) is 6.45. The smallest absolute Gasteiger partial charge is 0.244 e. The van der Waals surface area contributed by atoms with E-state index in [1.165, 1.54) is 10.8 Å². The summed E-state index contributed by atoms with van der Waals surface area (Å²) in [4.78, 5) is 30.2. The van der Waals surface area contributed by atoms with Gasteiger partial charge in [0.25, 0.3) is 0 Å². The topological polar surface area (TPSA) is 107 Å². The number of fused-ring (bicyclic) bond motifs is 1. The fourth-order valence-electron chi connectivity index (χ4n) is 3.79. The molecule has 1 N–H and O–H groups in total. The van der Waals surface area contributed by atoms with Gasteiger partial charge in [-0.25, -0.2) is 13.4 Å². The first-order valence-electron chi connectivity index (χ1n) is 10.9. The van der Waals surface area contributed by atoms with Crippen LogP contribution in [0.2, 0.25) is 0 Å². The number of nitrogens with one attached hydrogen (secondary N) is 1. The van der Waals surface area contributed by atoms with Crippen molar-refractivity contribution in [3.8, 4) is 5.75 Å². The number of benzene rings is 2. The number of sulfone groups is 1. The summed E-state index contributed by atoms with van der Waals surface area (Å²) in [6.45, 7) is 4.98. The minimum absolute atomic E-state index is 0.0586. The maximum Gasteiger partial charge on any atom is 0.244 e. The number of methoxy groups -OCH3 is 1. The first kappa shape index (κ1) is 24.2. The lowest BCUT2D eigenvalue weighted by Crippen LogP contribution is -2.24. The van der Waals surface area contributed by atoms with Crippen molar-refractivity contribution in [2.24, 2.45) is 0 Å². The molecule has 0 saturated heterocycles. The Bertz CT molecular complexity index is 1610. The zero-order valence-corrected chi connectivity index (χ0v) is 20.6. The average molecular weight is 492 g/mol. The Morgan fingerprint density at radius 2 is 1.71 bits per heavy atom. The molecule has 35 heavy (non-hydrogen) atoms. The molecular weight excluding hydrogens is 466 g/mol. The fourth-order valence-corrected chi connectivity index (χ4v) is 5.48. The van der Waals surface area contributed by atoms with Crippen molar-refractivity contribution in [3.05, 3.63) is 87.8 Å². The molecule has 1 amide bonds. The van der Waals surface area contributed by atoms with Crippen LogP contribution in [-0.4, -0.2) is 31.0 Å². The van der Waals surface area contributed by atoms with E-state index in [1.807, 2.05) is 6.07 Å². The summed E-state index contributed by atoms with van der Waals surface area (Å²) in [6, 6.07) is 15.0. The third kappa shape index (κ3) is 4.81. The van der Waals surface area contributed by atoms with E-state index >= 15 is 0 Å². The Morgan fingerprint density at radius 3 is 2.40 bits per heavy atom. The number of nitrogens with zero attached hydrogens (tertiary/aromatic N) is 2. The predicted octanol–water partition coefficient (Wildman–Crippen LogP) is 3.80. The normalized spacial score (nSPS) is 11.4. The van der Waals surface area contributed by atoms with Crippen molar-refractivity contribution in [1.82, 2.24) is 9.55 Å². The zero-order chi connectivity index (χ0) is 25.3. The maximum absolute atomic E-state index is 13.6. The number of pyridine rings is 2. The Morgan fingerprint density at radius 1 is 1.00 bits per heavy atom. The molecule has 0 aliphatic rings. The van der Waals surface area contributed by atoms with E-state index in [4.69, 9.17) is 4.74 Å². The van der Waals surface area contributed by atoms with E-state index < -0.39 is 26.1 Å². The zero-order valence-electron chi connectivity index (χ0n) is 19.8. The third-order valence-corrected chi connectivity index (χ3v) is 7.53. The van der Waals surface area contributed by atoms with Gasteiger partial charge in [-0.05, 0) is 74.4 Å². The molecule has 0 atom stereocenters. The van der Waals surface area contributed by atoms with Gasteiger partial charge in [0.1, 0.15) is 22.8 Å². The van der Waals surface area contributed by atoms with E-state index in [2.05, 4.69) is 10.3 Å². The summed E-state index contributed by atoms with van der Waals surface area (Å²) in [6.07, 6.45) is 1.21. The van der Waals surface area contributed by atoms with Crippen LogP contribution in [0.25, 0.3) is 11.0 Å². The van der Waals surface area contributed by atoms with Crippen LogP contribution in [0.15, 0.2) is 75.4 Å². The Hall–Kier alpha value is -3.98. The molecular formula is C26H25N3O5S. The lowest BCUT2D eigenvalue weighted by Gasteiger charge is -2.15. The van der Waals surface area contributed by atoms with Crippen molar-refractivity contribution < 1.29 is 17.9 Å². The van der Waals surface area contributed by atoms with Crippen LogP contribution < -0.4 is 15.5 Å². The van der Waals surface area contributed by atoms with Gasteiger partial charge in [0.15, 0.2) is 0 Å². The highest BCUT2D eigenvalue weighted by atomic mass is 32.2. The molecule has 180 valence electrons. The summed E-state index contributed by atoms with van der Waals surface area (Å²) >= 11 is 0. The molecule has 0 fully saturated rings. The highest BCUT2D eigenvalue weighted by molar-refractivity contribution is 7.91. The fraction of sp³-hybridized carbons (Fsp3) is 0.192. The summed E-state index contributed by atoms with van der Waals surface area (Å²) in [7, 11) is -2.61. The van der Waals surface area contributed by atoms with Gasteiger partial charge < -0.3 is 14.6 Å². The SMILES string of the molecule is COc1ccc(NC(=O)Cn2cc(S(=O)(=O)c3cc(C)ccc3C)c(=O)c3ccc(C)nc32)cc1. The van der Waals surface area contributed by atoms with Gasteiger partial charge >= 0.3 is 0 Å². The number of rotatable bonds is 6. The summed E-state index contributed by atoms with van der Waals surface area (Å²) in [5.41, 5.74) is 2.05. The lowest BCUT2D eigenvalue weighted by atomic mass is 10.2. The minimum atomic E-state index is -4.16. The van der Waals surface area contributed by atoms with E-state index in [9.17, 15) is 18.0 Å². The number of carbonyl (C=O) groups is 1. The molecule has 0 unspecified atom stereocenters.